The van der Waals surface area contributed by atoms with Crippen LogP contribution >= 0.6 is 0 Å². The van der Waals surface area contributed by atoms with Crippen LogP contribution in [0.3, 0.4) is 0 Å². The Morgan fingerprint density at radius 2 is 2.00 bits per heavy atom. The molecule has 0 amide bonds. The molecule has 2 aliphatic heterocycles. The van der Waals surface area contributed by atoms with E-state index in [0.717, 1.165) is 45.5 Å². The van der Waals surface area contributed by atoms with Crippen LogP contribution in [0.25, 0.3) is 0 Å². The molecule has 2 saturated heterocycles. The molecule has 18 heavy (non-hydrogen) atoms. The molecule has 0 saturated carbocycles. The van der Waals surface area contributed by atoms with E-state index < -0.39 is 0 Å². The zero-order valence-electron chi connectivity index (χ0n) is 11.6. The van der Waals surface area contributed by atoms with E-state index in [-0.39, 0.29) is 23.7 Å². The Bertz CT molecular complexity index is 253. The van der Waals surface area contributed by atoms with Gasteiger partial charge in [0.1, 0.15) is 0 Å². The highest BCUT2D eigenvalue weighted by molar-refractivity contribution is 4.89. The number of rotatable bonds is 4. The highest BCUT2D eigenvalue weighted by atomic mass is 16.5. The molecule has 0 aromatic heterocycles. The minimum Gasteiger partial charge on any atom is -0.396 e. The third-order valence-electron chi connectivity index (χ3n) is 3.99. The molecule has 1 atom stereocenters. The Balaban J connectivity index is 1.83. The highest BCUT2D eigenvalue weighted by Gasteiger charge is 2.39. The van der Waals surface area contributed by atoms with E-state index in [9.17, 15) is 5.11 Å². The number of hydrogen-bond donors (Lipinski definition) is 1. The molecule has 1 spiro atoms. The Morgan fingerprint density at radius 3 is 2.67 bits per heavy atom. The molecule has 1 unspecified atom stereocenters. The first-order valence-corrected chi connectivity index (χ1v) is 7.00. The van der Waals surface area contributed by atoms with E-state index in [0.29, 0.717) is 6.61 Å². The van der Waals surface area contributed by atoms with Crippen molar-refractivity contribution in [3.8, 4) is 0 Å². The molecule has 0 radical (unpaired) electrons. The first-order chi connectivity index (χ1) is 8.55. The Morgan fingerprint density at radius 1 is 1.28 bits per heavy atom. The van der Waals surface area contributed by atoms with Gasteiger partial charge in [0.15, 0.2) is 0 Å². The fraction of sp³-hybridized carbons (Fsp3) is 1.00. The second-order valence-electron chi connectivity index (χ2n) is 6.39. The van der Waals surface area contributed by atoms with Gasteiger partial charge in [0.25, 0.3) is 0 Å². The van der Waals surface area contributed by atoms with Crippen molar-refractivity contribution in [2.24, 2.45) is 5.41 Å². The van der Waals surface area contributed by atoms with E-state index in [1.54, 1.807) is 0 Å². The third-order valence-corrected chi connectivity index (χ3v) is 3.99. The molecule has 0 bridgehead atoms. The van der Waals surface area contributed by atoms with Crippen molar-refractivity contribution in [1.82, 2.24) is 0 Å². The summed E-state index contributed by atoms with van der Waals surface area (Å²) in [4.78, 5) is 0. The van der Waals surface area contributed by atoms with Gasteiger partial charge >= 0.3 is 0 Å². The van der Waals surface area contributed by atoms with Gasteiger partial charge < -0.3 is 19.3 Å². The quantitative estimate of drug-likeness (QED) is 0.834. The lowest BCUT2D eigenvalue weighted by Crippen LogP contribution is -2.47. The summed E-state index contributed by atoms with van der Waals surface area (Å²) >= 11 is 0. The summed E-state index contributed by atoms with van der Waals surface area (Å²) in [6.07, 6.45) is 4.16. The topological polar surface area (TPSA) is 47.9 Å². The van der Waals surface area contributed by atoms with Crippen molar-refractivity contribution >= 4 is 0 Å². The normalized spacial score (nSPS) is 28.5. The molecule has 2 fully saturated rings. The van der Waals surface area contributed by atoms with Crippen LogP contribution in [0.4, 0.5) is 0 Å². The second kappa shape index (κ2) is 5.87. The van der Waals surface area contributed by atoms with Gasteiger partial charge in [0.05, 0.1) is 24.9 Å². The maximum atomic E-state index is 9.24. The number of aliphatic hydroxyl groups is 1. The summed E-state index contributed by atoms with van der Waals surface area (Å²) in [6.45, 7) is 7.21. The van der Waals surface area contributed by atoms with Gasteiger partial charge in [0.2, 0.25) is 0 Å². The van der Waals surface area contributed by atoms with Gasteiger partial charge in [0, 0.05) is 31.7 Å². The molecule has 1 N–H and O–H groups in total. The van der Waals surface area contributed by atoms with Gasteiger partial charge in [-0.05, 0) is 19.3 Å². The average molecular weight is 258 g/mol. The summed E-state index contributed by atoms with van der Waals surface area (Å²) in [6, 6.07) is 0. The van der Waals surface area contributed by atoms with Gasteiger partial charge in [-0.25, -0.2) is 0 Å². The largest absolute Gasteiger partial charge is 0.396 e. The molecule has 2 heterocycles. The van der Waals surface area contributed by atoms with Crippen LogP contribution in [0.15, 0.2) is 0 Å². The molecule has 4 heteroatoms. The number of hydrogen-bond acceptors (Lipinski definition) is 4. The average Bonchev–Trinajstić information content (AvgIpc) is 2.38. The highest BCUT2D eigenvalue weighted by Crippen LogP contribution is 2.35. The summed E-state index contributed by atoms with van der Waals surface area (Å²) in [5, 5.41) is 9.24. The maximum absolute atomic E-state index is 9.24. The van der Waals surface area contributed by atoms with E-state index in [1.807, 2.05) is 13.8 Å². The van der Waals surface area contributed by atoms with Crippen molar-refractivity contribution in [3.05, 3.63) is 0 Å². The van der Waals surface area contributed by atoms with Crippen LogP contribution < -0.4 is 0 Å². The first kappa shape index (κ1) is 14.3. The molecular formula is C14H26O4. The lowest BCUT2D eigenvalue weighted by Gasteiger charge is -2.43. The summed E-state index contributed by atoms with van der Waals surface area (Å²) < 4.78 is 17.4. The van der Waals surface area contributed by atoms with Crippen LogP contribution in [-0.2, 0) is 14.2 Å². The van der Waals surface area contributed by atoms with Crippen molar-refractivity contribution in [1.29, 1.82) is 0 Å². The minimum atomic E-state index is -0.152. The zero-order chi connectivity index (χ0) is 13.1. The second-order valence-corrected chi connectivity index (χ2v) is 6.39. The molecule has 0 aromatic rings. The Hall–Kier alpha value is -0.160. The number of aliphatic hydroxyl groups excluding tert-OH is 1. The maximum Gasteiger partial charge on any atom is 0.0751 e. The molecule has 2 rings (SSSR count). The van der Waals surface area contributed by atoms with Crippen LogP contribution in [0.5, 0.6) is 0 Å². The van der Waals surface area contributed by atoms with Crippen LogP contribution in [0.1, 0.15) is 39.5 Å². The molecular weight excluding hydrogens is 232 g/mol. The van der Waals surface area contributed by atoms with Gasteiger partial charge in [-0.15, -0.1) is 0 Å². The summed E-state index contributed by atoms with van der Waals surface area (Å²) in [5.41, 5.74) is -0.161. The summed E-state index contributed by atoms with van der Waals surface area (Å²) in [7, 11) is 0. The Kier molecular flexibility index (Phi) is 4.64. The molecule has 0 aromatic carbocycles. The lowest BCUT2D eigenvalue weighted by atomic mass is 9.85. The van der Waals surface area contributed by atoms with Gasteiger partial charge in [-0.1, -0.05) is 13.8 Å². The van der Waals surface area contributed by atoms with E-state index in [1.165, 1.54) is 0 Å². The summed E-state index contributed by atoms with van der Waals surface area (Å²) in [5.74, 6) is 0. The lowest BCUT2D eigenvalue weighted by molar-refractivity contribution is -0.175. The smallest absolute Gasteiger partial charge is 0.0751 e. The van der Waals surface area contributed by atoms with E-state index >= 15 is 0 Å². The monoisotopic (exact) mass is 258 g/mol. The van der Waals surface area contributed by atoms with Crippen molar-refractivity contribution in [2.75, 3.05) is 33.0 Å². The van der Waals surface area contributed by atoms with E-state index in [2.05, 4.69) is 0 Å². The third kappa shape index (κ3) is 3.67. The van der Waals surface area contributed by atoms with E-state index in [4.69, 9.17) is 14.2 Å². The van der Waals surface area contributed by atoms with Crippen LogP contribution in [-0.4, -0.2) is 49.8 Å². The predicted molar refractivity (Wildman–Crippen MR) is 68.6 cm³/mol. The minimum absolute atomic E-state index is 0.00940. The first-order valence-electron chi connectivity index (χ1n) is 7.00. The van der Waals surface area contributed by atoms with Crippen LogP contribution in [0, 0.1) is 5.41 Å². The molecule has 0 aliphatic carbocycles. The van der Waals surface area contributed by atoms with Crippen molar-refractivity contribution in [3.63, 3.8) is 0 Å². The fourth-order valence-electron chi connectivity index (χ4n) is 2.61. The Labute approximate surface area is 110 Å². The molecule has 2 aliphatic rings. The standard InChI is InChI=1S/C14H26O4/c1-13(2,10-15)11-17-12-3-6-18-14(9-12)4-7-16-8-5-14/h12,15H,3-11H2,1-2H3. The number of ether oxygens (including phenoxy) is 3. The van der Waals surface area contributed by atoms with Gasteiger partial charge in [-0.2, -0.15) is 0 Å². The SMILES string of the molecule is CC(C)(CO)COC1CCOC2(CCOCC2)C1. The van der Waals surface area contributed by atoms with Crippen LogP contribution in [0.2, 0.25) is 0 Å². The molecule has 106 valence electrons. The van der Waals surface area contributed by atoms with Crippen molar-refractivity contribution < 1.29 is 19.3 Å². The van der Waals surface area contributed by atoms with Crippen molar-refractivity contribution in [2.45, 2.75) is 51.2 Å². The zero-order valence-corrected chi connectivity index (χ0v) is 11.6. The van der Waals surface area contributed by atoms with Gasteiger partial charge in [-0.3, -0.25) is 0 Å². The fourth-order valence-corrected chi connectivity index (χ4v) is 2.61. The molecule has 4 nitrogen and oxygen atoms in total. The predicted octanol–water partition coefficient (Wildman–Crippen LogP) is 1.75.